The molecule has 2 aliphatic rings. The van der Waals surface area contributed by atoms with Gasteiger partial charge < -0.3 is 15.0 Å². The topological polar surface area (TPSA) is 51.5 Å². The van der Waals surface area contributed by atoms with Gasteiger partial charge in [0.15, 0.2) is 0 Å². The Bertz CT molecular complexity index is 337. The lowest BCUT2D eigenvalue weighted by atomic mass is 9.98. The van der Waals surface area contributed by atoms with Crippen LogP contribution in [0.5, 0.6) is 0 Å². The van der Waals surface area contributed by atoms with Crippen molar-refractivity contribution in [3.63, 3.8) is 0 Å². The van der Waals surface area contributed by atoms with Gasteiger partial charge in [0.05, 0.1) is 19.3 Å². The van der Waals surface area contributed by atoms with Gasteiger partial charge in [-0.2, -0.15) is 5.26 Å². The van der Waals surface area contributed by atoms with Crippen LogP contribution in [0.15, 0.2) is 0 Å². The fraction of sp³-hybridized carbons (Fsp3) is 0.933. The van der Waals surface area contributed by atoms with E-state index in [-0.39, 0.29) is 5.54 Å². The normalized spacial score (nSPS) is 28.1. The van der Waals surface area contributed by atoms with Crippen molar-refractivity contribution in [2.45, 2.75) is 37.8 Å². The van der Waals surface area contributed by atoms with E-state index >= 15 is 0 Å². The lowest BCUT2D eigenvalue weighted by molar-refractivity contribution is 0.0185. The van der Waals surface area contributed by atoms with Crippen LogP contribution in [0.4, 0.5) is 0 Å². The molecule has 0 amide bonds. The van der Waals surface area contributed by atoms with Crippen LogP contribution in [0, 0.1) is 11.3 Å². The number of likely N-dealkylation sites (tertiary alicyclic amines) is 1. The molecule has 5 heteroatoms. The summed E-state index contributed by atoms with van der Waals surface area (Å²) in [5.41, 5.74) is -0.372. The Kier molecular flexibility index (Phi) is 5.79. The average molecular weight is 280 g/mol. The Morgan fingerprint density at radius 3 is 2.75 bits per heavy atom. The van der Waals surface area contributed by atoms with E-state index in [4.69, 9.17) is 10.00 Å². The zero-order valence-corrected chi connectivity index (χ0v) is 12.9. The second kappa shape index (κ2) is 7.37. The lowest BCUT2D eigenvalue weighted by Gasteiger charge is -2.32. The molecule has 1 N–H and O–H groups in total. The number of morpholine rings is 1. The largest absolute Gasteiger partial charge is 0.379 e. The Labute approximate surface area is 122 Å². The number of hydrogen-bond acceptors (Lipinski definition) is 5. The van der Waals surface area contributed by atoms with E-state index in [9.17, 15) is 0 Å². The number of hydrogen-bond donors (Lipinski definition) is 1. The molecule has 5 nitrogen and oxygen atoms in total. The van der Waals surface area contributed by atoms with E-state index < -0.39 is 0 Å². The van der Waals surface area contributed by atoms with E-state index in [1.54, 1.807) is 0 Å². The minimum absolute atomic E-state index is 0.372. The lowest BCUT2D eigenvalue weighted by Crippen LogP contribution is -2.44. The summed E-state index contributed by atoms with van der Waals surface area (Å²) in [6, 6.07) is 3.08. The van der Waals surface area contributed by atoms with Crippen LogP contribution >= 0.6 is 0 Å². The molecule has 2 heterocycles. The molecule has 2 fully saturated rings. The van der Waals surface area contributed by atoms with Gasteiger partial charge in [-0.1, -0.05) is 0 Å². The third-order valence-corrected chi connectivity index (χ3v) is 4.76. The SMILES string of the molecule is CNC(C)(C#N)CCCN1CCC(N2CCOCC2)C1. The first-order valence-electron chi connectivity index (χ1n) is 7.81. The quantitative estimate of drug-likeness (QED) is 0.775. The highest BCUT2D eigenvalue weighted by Gasteiger charge is 2.29. The van der Waals surface area contributed by atoms with Crippen molar-refractivity contribution in [3.05, 3.63) is 0 Å². The predicted octanol–water partition coefficient (Wildman–Crippen LogP) is 0.675. The van der Waals surface area contributed by atoms with E-state index in [1.807, 2.05) is 14.0 Å². The summed E-state index contributed by atoms with van der Waals surface area (Å²) in [6.07, 6.45) is 3.28. The van der Waals surface area contributed by atoms with Crippen LogP contribution in [-0.4, -0.2) is 74.4 Å². The van der Waals surface area contributed by atoms with Crippen LogP contribution in [0.25, 0.3) is 0 Å². The Balaban J connectivity index is 1.67. The van der Waals surface area contributed by atoms with E-state index in [2.05, 4.69) is 21.2 Å². The zero-order chi connectivity index (χ0) is 14.4. The summed E-state index contributed by atoms with van der Waals surface area (Å²) in [6.45, 7) is 9.43. The zero-order valence-electron chi connectivity index (χ0n) is 12.9. The van der Waals surface area contributed by atoms with Crippen LogP contribution in [0.3, 0.4) is 0 Å². The number of nitrogens with one attached hydrogen (secondary N) is 1. The minimum atomic E-state index is -0.372. The van der Waals surface area contributed by atoms with Crippen molar-refractivity contribution >= 4 is 0 Å². The summed E-state index contributed by atoms with van der Waals surface area (Å²) in [5, 5.41) is 12.3. The molecular formula is C15H28N4O. The van der Waals surface area contributed by atoms with Gasteiger partial charge in [0.25, 0.3) is 0 Å². The van der Waals surface area contributed by atoms with Gasteiger partial charge in [-0.15, -0.1) is 0 Å². The molecule has 0 radical (unpaired) electrons. The first kappa shape index (κ1) is 15.7. The molecule has 2 aliphatic heterocycles. The summed E-state index contributed by atoms with van der Waals surface area (Å²) in [4.78, 5) is 5.13. The maximum Gasteiger partial charge on any atom is 0.103 e. The summed E-state index contributed by atoms with van der Waals surface area (Å²) in [5.74, 6) is 0. The molecule has 0 aromatic rings. The number of ether oxygens (including phenoxy) is 1. The molecule has 0 spiro atoms. The Morgan fingerprint density at radius 2 is 2.10 bits per heavy atom. The summed E-state index contributed by atoms with van der Waals surface area (Å²) < 4.78 is 5.42. The highest BCUT2D eigenvalue weighted by Crippen LogP contribution is 2.18. The smallest absolute Gasteiger partial charge is 0.103 e. The molecule has 2 unspecified atom stereocenters. The van der Waals surface area contributed by atoms with Crippen molar-refractivity contribution in [2.24, 2.45) is 0 Å². The van der Waals surface area contributed by atoms with Crippen molar-refractivity contribution < 1.29 is 4.74 Å². The number of nitrogens with zero attached hydrogens (tertiary/aromatic N) is 3. The fourth-order valence-corrected chi connectivity index (χ4v) is 3.15. The second-order valence-corrected chi connectivity index (χ2v) is 6.19. The maximum absolute atomic E-state index is 9.14. The molecule has 114 valence electrons. The molecule has 0 aromatic heterocycles. The van der Waals surface area contributed by atoms with Crippen molar-refractivity contribution in [1.82, 2.24) is 15.1 Å². The molecule has 0 aliphatic carbocycles. The highest BCUT2D eigenvalue weighted by molar-refractivity contribution is 5.02. The molecule has 2 atom stereocenters. The first-order valence-corrected chi connectivity index (χ1v) is 7.81. The van der Waals surface area contributed by atoms with Gasteiger partial charge in [0, 0.05) is 25.7 Å². The monoisotopic (exact) mass is 280 g/mol. The number of nitriles is 1. The molecule has 20 heavy (non-hydrogen) atoms. The Morgan fingerprint density at radius 1 is 1.35 bits per heavy atom. The standard InChI is InChI=1S/C15H28N4O/c1-15(13-16,17-2)5-3-6-18-7-4-14(12-18)19-8-10-20-11-9-19/h14,17H,3-12H2,1-2H3. The third-order valence-electron chi connectivity index (χ3n) is 4.76. The molecule has 0 aromatic carbocycles. The summed E-state index contributed by atoms with van der Waals surface area (Å²) >= 11 is 0. The summed E-state index contributed by atoms with van der Waals surface area (Å²) in [7, 11) is 1.87. The second-order valence-electron chi connectivity index (χ2n) is 6.19. The third kappa shape index (κ3) is 4.16. The maximum atomic E-state index is 9.14. The van der Waals surface area contributed by atoms with Gasteiger partial charge in [-0.05, 0) is 46.3 Å². The van der Waals surface area contributed by atoms with Gasteiger partial charge in [-0.3, -0.25) is 4.90 Å². The molecule has 2 saturated heterocycles. The van der Waals surface area contributed by atoms with Crippen LogP contribution in [0.1, 0.15) is 26.2 Å². The Hall–Kier alpha value is -0.670. The first-order chi connectivity index (χ1) is 9.67. The molecular weight excluding hydrogens is 252 g/mol. The van der Waals surface area contributed by atoms with Gasteiger partial charge >= 0.3 is 0 Å². The van der Waals surface area contributed by atoms with E-state index in [0.29, 0.717) is 6.04 Å². The minimum Gasteiger partial charge on any atom is -0.379 e. The van der Waals surface area contributed by atoms with Gasteiger partial charge in [-0.25, -0.2) is 0 Å². The molecule has 2 rings (SSSR count). The van der Waals surface area contributed by atoms with Crippen molar-refractivity contribution in [2.75, 3.05) is 53.0 Å². The average Bonchev–Trinajstić information content (AvgIpc) is 2.97. The van der Waals surface area contributed by atoms with Crippen LogP contribution in [0.2, 0.25) is 0 Å². The van der Waals surface area contributed by atoms with Crippen molar-refractivity contribution in [1.29, 1.82) is 5.26 Å². The van der Waals surface area contributed by atoms with Gasteiger partial charge in [0.1, 0.15) is 5.54 Å². The molecule has 0 bridgehead atoms. The fourth-order valence-electron chi connectivity index (χ4n) is 3.15. The van der Waals surface area contributed by atoms with Crippen LogP contribution < -0.4 is 5.32 Å². The highest BCUT2D eigenvalue weighted by atomic mass is 16.5. The van der Waals surface area contributed by atoms with Crippen LogP contribution in [-0.2, 0) is 4.74 Å². The van der Waals surface area contributed by atoms with E-state index in [0.717, 1.165) is 45.7 Å². The predicted molar refractivity (Wildman–Crippen MR) is 79.5 cm³/mol. The van der Waals surface area contributed by atoms with Crippen molar-refractivity contribution in [3.8, 4) is 6.07 Å². The van der Waals surface area contributed by atoms with E-state index in [1.165, 1.54) is 19.5 Å². The number of rotatable bonds is 6. The van der Waals surface area contributed by atoms with Gasteiger partial charge in [0.2, 0.25) is 0 Å². The molecule has 0 saturated carbocycles.